The zero-order valence-corrected chi connectivity index (χ0v) is 18.2. The predicted octanol–water partition coefficient (Wildman–Crippen LogP) is 3.72. The molecular formula is C23H22N6O2S. The Hall–Kier alpha value is -3.59. The van der Waals surface area contributed by atoms with Crippen molar-refractivity contribution in [3.05, 3.63) is 73.5 Å². The van der Waals surface area contributed by atoms with E-state index in [9.17, 15) is 8.42 Å². The highest BCUT2D eigenvalue weighted by atomic mass is 32.2. The Balaban J connectivity index is 1.61. The van der Waals surface area contributed by atoms with Crippen molar-refractivity contribution >= 4 is 32.1 Å². The van der Waals surface area contributed by atoms with Gasteiger partial charge >= 0.3 is 0 Å². The van der Waals surface area contributed by atoms with Gasteiger partial charge in [0, 0.05) is 23.2 Å². The lowest BCUT2D eigenvalue weighted by atomic mass is 9.96. The maximum absolute atomic E-state index is 11.9. The molecule has 1 aliphatic rings. The number of nitrogens with zero attached hydrogens (tertiary/aromatic N) is 5. The molecule has 0 spiro atoms. The van der Waals surface area contributed by atoms with E-state index in [1.807, 2.05) is 18.2 Å². The summed E-state index contributed by atoms with van der Waals surface area (Å²) in [5, 5.41) is 12.6. The topological polar surface area (TPSA) is 106 Å². The van der Waals surface area contributed by atoms with Crippen LogP contribution in [0.4, 0.5) is 0 Å². The summed E-state index contributed by atoms with van der Waals surface area (Å²) in [4.78, 5) is 9.54. The van der Waals surface area contributed by atoms with Gasteiger partial charge < -0.3 is 0 Å². The highest BCUT2D eigenvalue weighted by Gasteiger charge is 2.28. The first-order valence-corrected chi connectivity index (χ1v) is 12.2. The van der Waals surface area contributed by atoms with Crippen molar-refractivity contribution < 1.29 is 8.42 Å². The molecule has 0 bridgehead atoms. The Kier molecular flexibility index (Phi) is 4.97. The number of H-pyrrole nitrogens is 1. The van der Waals surface area contributed by atoms with Gasteiger partial charge in [-0.1, -0.05) is 37.5 Å². The van der Waals surface area contributed by atoms with Gasteiger partial charge in [0.2, 0.25) is 0 Å². The number of hydrogen-bond acceptors (Lipinski definition) is 6. The number of aromatic nitrogens is 6. The minimum absolute atomic E-state index is 0.0612. The number of fused-ring (bicyclic) bond motifs is 3. The molecule has 1 N–H and O–H groups in total. The van der Waals surface area contributed by atoms with E-state index in [0.717, 1.165) is 39.1 Å². The van der Waals surface area contributed by atoms with E-state index in [1.54, 1.807) is 35.3 Å². The maximum Gasteiger partial charge on any atom is 0.165 e. The number of aromatic amines is 1. The Labute approximate surface area is 185 Å². The van der Waals surface area contributed by atoms with Gasteiger partial charge in [-0.25, -0.2) is 13.4 Å². The highest BCUT2D eigenvalue weighted by molar-refractivity contribution is 7.91. The quantitative estimate of drug-likeness (QED) is 0.469. The van der Waals surface area contributed by atoms with Gasteiger partial charge in [0.1, 0.15) is 9.84 Å². The summed E-state index contributed by atoms with van der Waals surface area (Å²) in [7, 11) is -2.96. The zero-order valence-electron chi connectivity index (χ0n) is 17.4. The lowest BCUT2D eigenvalue weighted by molar-refractivity contribution is 0.546. The molecule has 0 saturated carbocycles. The van der Waals surface area contributed by atoms with Crippen LogP contribution in [0.1, 0.15) is 30.1 Å². The monoisotopic (exact) mass is 446 g/mol. The minimum Gasteiger partial charge on any atom is -0.261 e. The molecule has 0 aromatic carbocycles. The van der Waals surface area contributed by atoms with Gasteiger partial charge in [0.25, 0.3) is 0 Å². The standard InChI is InChI=1S/C23H22N6O2S/c1-3-5-15(4-2)20-7-6-17(12-24-20)18-14-26-29-22(18)27-21(19-13-25-28-23(19)29)16-8-10-32(30,31)11-9-16/h3-7,12-14,16H,1-2,8-11H2,(H,25,28)/b15-5+. The molecule has 5 rings (SSSR count). The second-order valence-corrected chi connectivity index (χ2v) is 10.1. The number of allylic oxidation sites excluding steroid dienone is 4. The Morgan fingerprint density at radius 2 is 1.97 bits per heavy atom. The average molecular weight is 447 g/mol. The smallest absolute Gasteiger partial charge is 0.165 e. The number of rotatable bonds is 5. The van der Waals surface area contributed by atoms with E-state index in [1.165, 1.54) is 0 Å². The lowest BCUT2D eigenvalue weighted by Crippen LogP contribution is -2.23. The fourth-order valence-electron chi connectivity index (χ4n) is 4.20. The fraction of sp³-hybridized carbons (Fsp3) is 0.217. The molecule has 0 atom stereocenters. The van der Waals surface area contributed by atoms with Crippen LogP contribution in [-0.4, -0.2) is 49.7 Å². The van der Waals surface area contributed by atoms with Crippen molar-refractivity contribution in [1.82, 2.24) is 29.8 Å². The molecule has 9 heteroatoms. The van der Waals surface area contributed by atoms with Crippen LogP contribution in [0.5, 0.6) is 0 Å². The third-order valence-electron chi connectivity index (χ3n) is 5.91. The van der Waals surface area contributed by atoms with Crippen molar-refractivity contribution in [2.45, 2.75) is 18.8 Å². The zero-order chi connectivity index (χ0) is 22.3. The first-order valence-electron chi connectivity index (χ1n) is 10.3. The molecule has 1 fully saturated rings. The molecule has 0 amide bonds. The molecule has 4 aromatic heterocycles. The van der Waals surface area contributed by atoms with Crippen LogP contribution in [0.15, 0.2) is 62.1 Å². The van der Waals surface area contributed by atoms with Crippen molar-refractivity contribution in [1.29, 1.82) is 0 Å². The SMILES string of the molecule is C=C/C=C(\C=C)c1ccc(-c2cnn3c2nc(C2CCS(=O)(=O)CC2)c2cn[nH]c23)cn1. The van der Waals surface area contributed by atoms with Crippen LogP contribution >= 0.6 is 0 Å². The summed E-state index contributed by atoms with van der Waals surface area (Å²) in [6.45, 7) is 7.56. The van der Waals surface area contributed by atoms with Gasteiger partial charge in [-0.15, -0.1) is 0 Å². The molecule has 8 nitrogen and oxygen atoms in total. The first-order chi connectivity index (χ1) is 15.5. The Morgan fingerprint density at radius 3 is 2.66 bits per heavy atom. The van der Waals surface area contributed by atoms with Crippen molar-refractivity contribution in [3.8, 4) is 11.1 Å². The van der Waals surface area contributed by atoms with E-state index >= 15 is 0 Å². The molecule has 0 aliphatic carbocycles. The third kappa shape index (κ3) is 3.44. The van der Waals surface area contributed by atoms with E-state index < -0.39 is 9.84 Å². The highest BCUT2D eigenvalue weighted by Crippen LogP contribution is 2.34. The second-order valence-electron chi connectivity index (χ2n) is 7.84. The van der Waals surface area contributed by atoms with E-state index in [2.05, 4.69) is 33.4 Å². The average Bonchev–Trinajstić information content (AvgIpc) is 3.44. The van der Waals surface area contributed by atoms with E-state index in [-0.39, 0.29) is 17.4 Å². The predicted molar refractivity (Wildman–Crippen MR) is 125 cm³/mol. The van der Waals surface area contributed by atoms with Gasteiger partial charge in [-0.05, 0) is 24.5 Å². The van der Waals surface area contributed by atoms with Crippen molar-refractivity contribution in [2.75, 3.05) is 11.5 Å². The van der Waals surface area contributed by atoms with E-state index in [4.69, 9.17) is 4.98 Å². The van der Waals surface area contributed by atoms with Crippen LogP contribution in [0.25, 0.3) is 33.4 Å². The summed E-state index contributed by atoms with van der Waals surface area (Å²) >= 11 is 0. The van der Waals surface area contributed by atoms with Gasteiger partial charge in [0.05, 0.1) is 40.7 Å². The van der Waals surface area contributed by atoms with Crippen molar-refractivity contribution in [3.63, 3.8) is 0 Å². The Morgan fingerprint density at radius 1 is 1.16 bits per heavy atom. The van der Waals surface area contributed by atoms with Gasteiger partial charge in [-0.2, -0.15) is 14.7 Å². The minimum atomic E-state index is -2.96. The fourth-order valence-corrected chi connectivity index (χ4v) is 5.69. The van der Waals surface area contributed by atoms with Crippen LogP contribution in [-0.2, 0) is 9.84 Å². The first kappa shape index (κ1) is 20.3. The molecule has 162 valence electrons. The van der Waals surface area contributed by atoms with Crippen LogP contribution in [0.3, 0.4) is 0 Å². The molecule has 4 aromatic rings. The number of pyridine rings is 1. The second kappa shape index (κ2) is 7.83. The van der Waals surface area contributed by atoms with Gasteiger partial charge in [-0.3, -0.25) is 10.1 Å². The summed E-state index contributed by atoms with van der Waals surface area (Å²) in [5.74, 6) is 0.433. The molecule has 0 unspecified atom stereocenters. The molecule has 0 radical (unpaired) electrons. The summed E-state index contributed by atoms with van der Waals surface area (Å²) in [6, 6.07) is 3.91. The van der Waals surface area contributed by atoms with E-state index in [0.29, 0.717) is 18.5 Å². The lowest BCUT2D eigenvalue weighted by Gasteiger charge is -2.22. The maximum atomic E-state index is 11.9. The molecule has 1 saturated heterocycles. The largest absolute Gasteiger partial charge is 0.261 e. The number of nitrogens with one attached hydrogen (secondary N) is 1. The number of hydrogen-bond donors (Lipinski definition) is 1. The molecule has 1 aliphatic heterocycles. The molecule has 32 heavy (non-hydrogen) atoms. The van der Waals surface area contributed by atoms with Crippen LogP contribution < -0.4 is 0 Å². The summed E-state index contributed by atoms with van der Waals surface area (Å²) < 4.78 is 25.6. The van der Waals surface area contributed by atoms with Crippen LogP contribution in [0, 0.1) is 0 Å². The number of sulfone groups is 1. The third-order valence-corrected chi connectivity index (χ3v) is 7.62. The molecule has 5 heterocycles. The normalized spacial score (nSPS) is 17.1. The van der Waals surface area contributed by atoms with Gasteiger partial charge in [0.15, 0.2) is 11.3 Å². The Bertz CT molecular complexity index is 1460. The summed E-state index contributed by atoms with van der Waals surface area (Å²) in [6.07, 6.45) is 11.7. The van der Waals surface area contributed by atoms with Crippen molar-refractivity contribution in [2.24, 2.45) is 0 Å². The summed E-state index contributed by atoms with van der Waals surface area (Å²) in [5.41, 5.74) is 5.71. The van der Waals surface area contributed by atoms with Crippen LogP contribution in [0.2, 0.25) is 0 Å². The molecular weight excluding hydrogens is 424 g/mol.